The van der Waals surface area contributed by atoms with Crippen molar-refractivity contribution in [3.05, 3.63) is 11.4 Å². The second-order valence-electron chi connectivity index (χ2n) is 6.22. The van der Waals surface area contributed by atoms with E-state index in [2.05, 4.69) is 41.1 Å². The third kappa shape index (κ3) is 2.58. The van der Waals surface area contributed by atoms with Crippen molar-refractivity contribution in [3.63, 3.8) is 0 Å². The maximum atomic E-state index is 5.62. The number of anilines is 2. The molecule has 1 aromatic rings. The standard InChI is InChI=1S/C15H26N6/c1-4-13-17-14(19-16)10(2)15(18-13)21-8-7-11-5-6-12(9-21)20(11)3/h11-12H,4-9,16H2,1-3H3,(H,17,18,19). The van der Waals surface area contributed by atoms with Gasteiger partial charge in [-0.05, 0) is 33.2 Å². The zero-order chi connectivity index (χ0) is 15.0. The molecule has 6 nitrogen and oxygen atoms in total. The van der Waals surface area contributed by atoms with Crippen LogP contribution in [-0.4, -0.2) is 47.1 Å². The Morgan fingerprint density at radius 2 is 2.00 bits per heavy atom. The number of aromatic nitrogens is 2. The summed E-state index contributed by atoms with van der Waals surface area (Å²) in [5.41, 5.74) is 3.77. The smallest absolute Gasteiger partial charge is 0.148 e. The number of hydrogen-bond donors (Lipinski definition) is 2. The maximum absolute atomic E-state index is 5.62. The van der Waals surface area contributed by atoms with E-state index in [9.17, 15) is 0 Å². The monoisotopic (exact) mass is 290 g/mol. The third-order valence-electron chi connectivity index (χ3n) is 5.07. The molecule has 0 saturated carbocycles. The van der Waals surface area contributed by atoms with Crippen molar-refractivity contribution in [2.75, 3.05) is 30.5 Å². The van der Waals surface area contributed by atoms with Gasteiger partial charge in [-0.3, -0.25) is 4.90 Å². The zero-order valence-corrected chi connectivity index (χ0v) is 13.3. The Labute approximate surface area is 126 Å². The lowest BCUT2D eigenvalue weighted by Crippen LogP contribution is -2.37. The molecular weight excluding hydrogens is 264 g/mol. The van der Waals surface area contributed by atoms with Crippen LogP contribution in [0.4, 0.5) is 11.6 Å². The van der Waals surface area contributed by atoms with E-state index in [1.165, 1.54) is 19.3 Å². The first-order chi connectivity index (χ1) is 10.1. The molecule has 2 unspecified atom stereocenters. The molecular formula is C15H26N6. The van der Waals surface area contributed by atoms with Crippen LogP contribution in [0.15, 0.2) is 0 Å². The van der Waals surface area contributed by atoms with E-state index in [1.807, 2.05) is 0 Å². The molecule has 2 aliphatic rings. The van der Waals surface area contributed by atoms with Crippen molar-refractivity contribution in [1.82, 2.24) is 14.9 Å². The Morgan fingerprint density at radius 1 is 1.24 bits per heavy atom. The minimum atomic E-state index is 0.645. The van der Waals surface area contributed by atoms with Crippen molar-refractivity contribution < 1.29 is 0 Å². The minimum Gasteiger partial charge on any atom is -0.355 e. The minimum absolute atomic E-state index is 0.645. The molecule has 116 valence electrons. The molecule has 3 N–H and O–H groups in total. The lowest BCUT2D eigenvalue weighted by atomic mass is 10.1. The number of fused-ring (bicyclic) bond motifs is 2. The second-order valence-corrected chi connectivity index (χ2v) is 6.22. The quantitative estimate of drug-likeness (QED) is 0.646. The molecule has 3 heterocycles. The largest absolute Gasteiger partial charge is 0.355 e. The Balaban J connectivity index is 1.92. The summed E-state index contributed by atoms with van der Waals surface area (Å²) in [4.78, 5) is 14.2. The van der Waals surface area contributed by atoms with Crippen molar-refractivity contribution in [3.8, 4) is 0 Å². The number of nitrogens with two attached hydrogens (primary N) is 1. The lowest BCUT2D eigenvalue weighted by Gasteiger charge is -2.28. The SMILES string of the molecule is CCc1nc(NN)c(C)c(N2CCC3CCC(C2)N3C)n1. The van der Waals surface area contributed by atoms with E-state index < -0.39 is 0 Å². The number of likely N-dealkylation sites (N-methyl/N-ethyl adjacent to an activating group) is 1. The number of aryl methyl sites for hydroxylation is 1. The summed E-state index contributed by atoms with van der Waals surface area (Å²) in [5.74, 6) is 8.27. The maximum Gasteiger partial charge on any atom is 0.148 e. The number of nitrogen functional groups attached to an aromatic ring is 1. The summed E-state index contributed by atoms with van der Waals surface area (Å²) in [7, 11) is 2.27. The van der Waals surface area contributed by atoms with E-state index in [0.717, 1.165) is 48.6 Å². The van der Waals surface area contributed by atoms with Crippen LogP contribution in [0.2, 0.25) is 0 Å². The van der Waals surface area contributed by atoms with Crippen molar-refractivity contribution in [1.29, 1.82) is 0 Å². The topological polar surface area (TPSA) is 70.3 Å². The van der Waals surface area contributed by atoms with Crippen LogP contribution in [0.5, 0.6) is 0 Å². The average molecular weight is 290 g/mol. The molecule has 0 amide bonds. The number of hydrazine groups is 1. The van der Waals surface area contributed by atoms with Crippen LogP contribution in [0.1, 0.15) is 37.6 Å². The van der Waals surface area contributed by atoms with Gasteiger partial charge in [0.1, 0.15) is 17.5 Å². The van der Waals surface area contributed by atoms with Crippen molar-refractivity contribution >= 4 is 11.6 Å². The Bertz CT molecular complexity index is 517. The molecule has 6 heteroatoms. The van der Waals surface area contributed by atoms with Crippen LogP contribution < -0.4 is 16.2 Å². The van der Waals surface area contributed by atoms with Gasteiger partial charge in [-0.25, -0.2) is 15.8 Å². The molecule has 2 saturated heterocycles. The molecule has 1 aromatic heterocycles. The van der Waals surface area contributed by atoms with Gasteiger partial charge in [0.2, 0.25) is 0 Å². The Hall–Kier alpha value is -1.40. The second kappa shape index (κ2) is 5.77. The van der Waals surface area contributed by atoms with Gasteiger partial charge < -0.3 is 10.3 Å². The molecule has 2 atom stereocenters. The molecule has 2 aliphatic heterocycles. The Kier molecular flexibility index (Phi) is 3.99. The molecule has 0 aliphatic carbocycles. The fraction of sp³-hybridized carbons (Fsp3) is 0.733. The summed E-state index contributed by atoms with van der Waals surface area (Å²) >= 11 is 0. The van der Waals surface area contributed by atoms with Gasteiger partial charge in [0, 0.05) is 37.2 Å². The van der Waals surface area contributed by atoms with Gasteiger partial charge >= 0.3 is 0 Å². The molecule has 0 aromatic carbocycles. The van der Waals surface area contributed by atoms with Gasteiger partial charge in [0.15, 0.2) is 0 Å². The summed E-state index contributed by atoms with van der Waals surface area (Å²) in [6, 6.07) is 1.38. The highest BCUT2D eigenvalue weighted by Gasteiger charge is 2.35. The average Bonchev–Trinajstić information content (AvgIpc) is 2.73. The zero-order valence-electron chi connectivity index (χ0n) is 13.3. The normalized spacial score (nSPS) is 26.0. The molecule has 0 radical (unpaired) electrons. The van der Waals surface area contributed by atoms with Crippen LogP contribution in [0.3, 0.4) is 0 Å². The van der Waals surface area contributed by atoms with Gasteiger partial charge in [0.25, 0.3) is 0 Å². The summed E-state index contributed by atoms with van der Waals surface area (Å²) in [6.45, 7) is 6.25. The number of rotatable bonds is 3. The molecule has 21 heavy (non-hydrogen) atoms. The first-order valence-electron chi connectivity index (χ1n) is 7.95. The summed E-state index contributed by atoms with van der Waals surface area (Å²) < 4.78 is 0. The summed E-state index contributed by atoms with van der Waals surface area (Å²) in [5, 5.41) is 0. The molecule has 3 rings (SSSR count). The van der Waals surface area contributed by atoms with Gasteiger partial charge in [-0.1, -0.05) is 6.92 Å². The number of nitrogens with zero attached hydrogens (tertiary/aromatic N) is 4. The van der Waals surface area contributed by atoms with E-state index in [0.29, 0.717) is 6.04 Å². The van der Waals surface area contributed by atoms with Crippen LogP contribution >= 0.6 is 0 Å². The van der Waals surface area contributed by atoms with Gasteiger partial charge in [-0.2, -0.15) is 0 Å². The first-order valence-corrected chi connectivity index (χ1v) is 7.95. The first kappa shape index (κ1) is 14.5. The summed E-state index contributed by atoms with van der Waals surface area (Å²) in [6.07, 6.45) is 4.67. The molecule has 2 fully saturated rings. The van der Waals surface area contributed by atoms with E-state index in [4.69, 9.17) is 10.8 Å². The lowest BCUT2D eigenvalue weighted by molar-refractivity contribution is 0.254. The van der Waals surface area contributed by atoms with Crippen LogP contribution in [0, 0.1) is 6.92 Å². The van der Waals surface area contributed by atoms with Crippen molar-refractivity contribution in [2.24, 2.45) is 5.84 Å². The van der Waals surface area contributed by atoms with Crippen LogP contribution in [0.25, 0.3) is 0 Å². The van der Waals surface area contributed by atoms with E-state index in [-0.39, 0.29) is 0 Å². The Morgan fingerprint density at radius 3 is 2.71 bits per heavy atom. The number of nitrogens with one attached hydrogen (secondary N) is 1. The fourth-order valence-corrected chi connectivity index (χ4v) is 3.66. The predicted molar refractivity (Wildman–Crippen MR) is 85.4 cm³/mol. The van der Waals surface area contributed by atoms with Gasteiger partial charge in [0.05, 0.1) is 0 Å². The fourth-order valence-electron chi connectivity index (χ4n) is 3.66. The molecule has 0 spiro atoms. The predicted octanol–water partition coefficient (Wildman–Crippen LogP) is 1.31. The number of hydrogen-bond acceptors (Lipinski definition) is 6. The van der Waals surface area contributed by atoms with E-state index in [1.54, 1.807) is 0 Å². The van der Waals surface area contributed by atoms with E-state index >= 15 is 0 Å². The van der Waals surface area contributed by atoms with Crippen LogP contribution in [-0.2, 0) is 6.42 Å². The van der Waals surface area contributed by atoms with Gasteiger partial charge in [-0.15, -0.1) is 0 Å². The van der Waals surface area contributed by atoms with Crippen molar-refractivity contribution in [2.45, 2.75) is 51.6 Å². The highest BCUT2D eigenvalue weighted by Crippen LogP contribution is 2.32. The molecule has 2 bridgehead atoms. The highest BCUT2D eigenvalue weighted by molar-refractivity contribution is 5.58. The highest BCUT2D eigenvalue weighted by atomic mass is 15.3. The third-order valence-corrected chi connectivity index (χ3v) is 5.07.